The number of carbonyl (C=O) groups is 2. The summed E-state index contributed by atoms with van der Waals surface area (Å²) < 4.78 is 1.71. The summed E-state index contributed by atoms with van der Waals surface area (Å²) in [5.74, 6) is -0.757. The standard InChI is InChI=1S/C14H14N4O3/c19-12(17-14(13(20)21)4-1-5-14)10-2-3-11(16-8-10)18-7-6-15-9-18/h2-3,6-9H,1,4-5H2,(H,17,19)(H,20,21). The van der Waals surface area contributed by atoms with Crippen LogP contribution in [0.1, 0.15) is 29.6 Å². The minimum absolute atomic E-state index is 0.339. The number of carboxylic acid groups (broad SMARTS) is 1. The summed E-state index contributed by atoms with van der Waals surface area (Å²) in [7, 11) is 0. The fourth-order valence-corrected chi connectivity index (χ4v) is 2.28. The van der Waals surface area contributed by atoms with Gasteiger partial charge in [-0.05, 0) is 31.4 Å². The molecule has 0 unspecified atom stereocenters. The molecule has 21 heavy (non-hydrogen) atoms. The van der Waals surface area contributed by atoms with Gasteiger partial charge in [0.2, 0.25) is 0 Å². The van der Waals surface area contributed by atoms with Crippen molar-refractivity contribution in [3.05, 3.63) is 42.6 Å². The van der Waals surface area contributed by atoms with Gasteiger partial charge in [-0.2, -0.15) is 0 Å². The van der Waals surface area contributed by atoms with E-state index >= 15 is 0 Å². The predicted octanol–water partition coefficient (Wildman–Crippen LogP) is 1.00. The van der Waals surface area contributed by atoms with Gasteiger partial charge in [-0.15, -0.1) is 0 Å². The molecular formula is C14H14N4O3. The predicted molar refractivity (Wildman–Crippen MR) is 73.0 cm³/mol. The van der Waals surface area contributed by atoms with Crippen molar-refractivity contribution >= 4 is 11.9 Å². The summed E-state index contributed by atoms with van der Waals surface area (Å²) in [5.41, 5.74) is -0.772. The topological polar surface area (TPSA) is 97.1 Å². The van der Waals surface area contributed by atoms with Crippen molar-refractivity contribution in [1.29, 1.82) is 0 Å². The molecule has 7 nitrogen and oxygen atoms in total. The quantitative estimate of drug-likeness (QED) is 0.874. The van der Waals surface area contributed by atoms with E-state index in [-0.39, 0.29) is 0 Å². The van der Waals surface area contributed by atoms with Crippen molar-refractivity contribution in [2.24, 2.45) is 0 Å². The van der Waals surface area contributed by atoms with E-state index in [2.05, 4.69) is 15.3 Å². The highest BCUT2D eigenvalue weighted by Gasteiger charge is 2.45. The molecule has 7 heteroatoms. The first-order valence-electron chi connectivity index (χ1n) is 6.61. The van der Waals surface area contributed by atoms with Crippen LogP contribution in [-0.2, 0) is 4.79 Å². The van der Waals surface area contributed by atoms with E-state index in [1.807, 2.05) is 0 Å². The molecule has 1 aliphatic carbocycles. The molecule has 3 rings (SSSR count). The van der Waals surface area contributed by atoms with Gasteiger partial charge in [0.05, 0.1) is 5.56 Å². The fourth-order valence-electron chi connectivity index (χ4n) is 2.28. The van der Waals surface area contributed by atoms with Crippen LogP contribution < -0.4 is 5.32 Å². The molecule has 2 aromatic heterocycles. The lowest BCUT2D eigenvalue weighted by atomic mass is 9.76. The average molecular weight is 286 g/mol. The van der Waals surface area contributed by atoms with E-state index < -0.39 is 17.4 Å². The Labute approximate surface area is 120 Å². The normalized spacial score (nSPS) is 16.0. The monoisotopic (exact) mass is 286 g/mol. The summed E-state index contributed by atoms with van der Waals surface area (Å²) in [5, 5.41) is 11.8. The van der Waals surface area contributed by atoms with Crippen LogP contribution in [0.3, 0.4) is 0 Å². The van der Waals surface area contributed by atoms with Gasteiger partial charge in [0, 0.05) is 18.6 Å². The molecule has 1 amide bonds. The van der Waals surface area contributed by atoms with Crippen LogP contribution >= 0.6 is 0 Å². The fraction of sp³-hybridized carbons (Fsp3) is 0.286. The molecule has 0 aromatic carbocycles. The molecule has 0 spiro atoms. The molecule has 0 saturated heterocycles. The molecule has 1 fully saturated rings. The van der Waals surface area contributed by atoms with Gasteiger partial charge >= 0.3 is 5.97 Å². The van der Waals surface area contributed by atoms with Crippen molar-refractivity contribution in [2.75, 3.05) is 0 Å². The number of carboxylic acids is 1. The molecule has 1 saturated carbocycles. The van der Waals surface area contributed by atoms with Crippen molar-refractivity contribution in [1.82, 2.24) is 19.9 Å². The Morgan fingerprint density at radius 3 is 2.62 bits per heavy atom. The maximum Gasteiger partial charge on any atom is 0.329 e. The minimum Gasteiger partial charge on any atom is -0.480 e. The third-order valence-corrected chi connectivity index (χ3v) is 3.75. The Bertz CT molecular complexity index is 660. The smallest absolute Gasteiger partial charge is 0.329 e. The summed E-state index contributed by atoms with van der Waals surface area (Å²) in [6.45, 7) is 0. The van der Waals surface area contributed by atoms with Crippen LogP contribution in [0.2, 0.25) is 0 Å². The van der Waals surface area contributed by atoms with Gasteiger partial charge in [0.25, 0.3) is 5.91 Å². The second-order valence-corrected chi connectivity index (χ2v) is 5.07. The second-order valence-electron chi connectivity index (χ2n) is 5.07. The SMILES string of the molecule is O=C(NC1(C(=O)O)CCC1)c1ccc(-n2ccnc2)nc1. The molecule has 2 N–H and O–H groups in total. The number of nitrogens with zero attached hydrogens (tertiary/aromatic N) is 3. The Morgan fingerprint density at radius 2 is 2.14 bits per heavy atom. The van der Waals surface area contributed by atoms with Gasteiger partial charge < -0.3 is 10.4 Å². The van der Waals surface area contributed by atoms with Crippen molar-refractivity contribution in [3.63, 3.8) is 0 Å². The van der Waals surface area contributed by atoms with Crippen LogP contribution in [0.4, 0.5) is 0 Å². The third kappa shape index (κ3) is 2.37. The lowest BCUT2D eigenvalue weighted by Gasteiger charge is -2.38. The van der Waals surface area contributed by atoms with Crippen LogP contribution in [-0.4, -0.2) is 37.1 Å². The summed E-state index contributed by atoms with van der Waals surface area (Å²) in [6.07, 6.45) is 8.16. The van der Waals surface area contributed by atoms with E-state index in [4.69, 9.17) is 0 Å². The van der Waals surface area contributed by atoms with Gasteiger partial charge in [0.15, 0.2) is 0 Å². The average Bonchev–Trinajstić information content (AvgIpc) is 2.96. The molecule has 2 heterocycles. The number of aromatic nitrogens is 3. The number of aliphatic carboxylic acids is 1. The number of imidazole rings is 1. The van der Waals surface area contributed by atoms with Crippen molar-refractivity contribution in [2.45, 2.75) is 24.8 Å². The zero-order valence-electron chi connectivity index (χ0n) is 11.2. The number of amides is 1. The largest absolute Gasteiger partial charge is 0.480 e. The van der Waals surface area contributed by atoms with E-state index in [1.54, 1.807) is 35.4 Å². The molecule has 0 radical (unpaired) electrons. The summed E-state index contributed by atoms with van der Waals surface area (Å²) in [4.78, 5) is 31.5. The highest BCUT2D eigenvalue weighted by atomic mass is 16.4. The van der Waals surface area contributed by atoms with Crippen LogP contribution in [0.5, 0.6) is 0 Å². The van der Waals surface area contributed by atoms with Gasteiger partial charge in [0.1, 0.15) is 17.7 Å². The third-order valence-electron chi connectivity index (χ3n) is 3.75. The molecular weight excluding hydrogens is 272 g/mol. The van der Waals surface area contributed by atoms with E-state index in [0.29, 0.717) is 24.2 Å². The van der Waals surface area contributed by atoms with E-state index in [0.717, 1.165) is 6.42 Å². The molecule has 1 aliphatic rings. The molecule has 0 bridgehead atoms. The van der Waals surface area contributed by atoms with Crippen LogP contribution in [0.15, 0.2) is 37.1 Å². The second kappa shape index (κ2) is 5.01. The maximum atomic E-state index is 12.1. The number of nitrogens with one attached hydrogen (secondary N) is 1. The molecule has 0 aliphatic heterocycles. The zero-order chi connectivity index (χ0) is 14.9. The number of pyridine rings is 1. The maximum absolute atomic E-state index is 12.1. The first kappa shape index (κ1) is 13.3. The summed E-state index contributed by atoms with van der Waals surface area (Å²) >= 11 is 0. The van der Waals surface area contributed by atoms with Crippen LogP contribution in [0, 0.1) is 0 Å². The summed E-state index contributed by atoms with van der Waals surface area (Å²) in [6, 6.07) is 3.30. The molecule has 0 atom stereocenters. The van der Waals surface area contributed by atoms with Crippen molar-refractivity contribution < 1.29 is 14.7 Å². The minimum atomic E-state index is -1.11. The highest BCUT2D eigenvalue weighted by Crippen LogP contribution is 2.32. The Hall–Kier alpha value is -2.70. The Balaban J connectivity index is 1.75. The van der Waals surface area contributed by atoms with Gasteiger partial charge in [-0.25, -0.2) is 14.8 Å². The van der Waals surface area contributed by atoms with E-state index in [1.165, 1.54) is 6.20 Å². The van der Waals surface area contributed by atoms with Crippen molar-refractivity contribution in [3.8, 4) is 5.82 Å². The Morgan fingerprint density at radius 1 is 1.33 bits per heavy atom. The number of hydrogen-bond donors (Lipinski definition) is 2. The zero-order valence-corrected chi connectivity index (χ0v) is 11.2. The van der Waals surface area contributed by atoms with Crippen LogP contribution in [0.25, 0.3) is 5.82 Å². The first-order chi connectivity index (χ1) is 10.1. The number of rotatable bonds is 4. The molecule has 108 valence electrons. The lowest BCUT2D eigenvalue weighted by Crippen LogP contribution is -2.59. The van der Waals surface area contributed by atoms with E-state index in [9.17, 15) is 14.7 Å². The first-order valence-corrected chi connectivity index (χ1v) is 6.61. The van der Waals surface area contributed by atoms with Gasteiger partial charge in [-0.3, -0.25) is 9.36 Å². The highest BCUT2D eigenvalue weighted by molar-refractivity contribution is 5.98. The Kier molecular flexibility index (Phi) is 3.17. The lowest BCUT2D eigenvalue weighted by molar-refractivity contribution is -0.148. The number of hydrogen-bond acceptors (Lipinski definition) is 4. The molecule has 2 aromatic rings. The number of carbonyl (C=O) groups excluding carboxylic acids is 1. The van der Waals surface area contributed by atoms with Gasteiger partial charge in [-0.1, -0.05) is 0 Å².